The number of fused-ring (bicyclic) bond motifs is 2. The van der Waals surface area contributed by atoms with Gasteiger partial charge in [-0.2, -0.15) is 0 Å². The highest BCUT2D eigenvalue weighted by Gasteiger charge is 2.91. The number of amides is 2. The maximum atomic E-state index is 13.9. The van der Waals surface area contributed by atoms with E-state index in [-0.39, 0.29) is 79.1 Å². The molecular weight excluding hydrogens is 634 g/mol. The molecule has 0 aromatic heterocycles. The van der Waals surface area contributed by atoms with Gasteiger partial charge in [0.05, 0.1) is 48.3 Å². The average Bonchev–Trinajstić information content (AvgIpc) is 3.51. The molecule has 2 amide bonds. The molecule has 49 heavy (non-hydrogen) atoms. The van der Waals surface area contributed by atoms with Crippen LogP contribution in [0.25, 0.3) is 0 Å². The quantitative estimate of drug-likeness (QED) is 0.233. The molecule has 5 N–H and O–H groups in total. The number of hydrogen-bond donors (Lipinski definition) is 4. The SMILES string of the molecule is CCN1CC2(COC(=O)c3ccccc3NC(=O)CCC(N)=O)CCC(OC)C34C5CC6C(OC)CC(O)(C5C6OC)C(O)(C(OC)C23)C14. The number of carbonyl (C=O) groups excluding carboxylic acids is 3. The Hall–Kier alpha value is -2.65. The monoisotopic (exact) mass is 685 g/mol. The third-order valence-electron chi connectivity index (χ3n) is 13.8. The number of nitrogens with zero attached hydrogens (tertiary/aromatic N) is 1. The Kier molecular flexibility index (Phi) is 8.69. The van der Waals surface area contributed by atoms with Crippen molar-refractivity contribution in [3.63, 3.8) is 0 Å². The molecular formula is C36H51N3O10. The summed E-state index contributed by atoms with van der Waals surface area (Å²) >= 11 is 0. The number of likely N-dealkylation sites (N-methyl/N-ethyl adjacent to an activating group) is 1. The first kappa shape index (κ1) is 34.8. The predicted octanol–water partition coefficient (Wildman–Crippen LogP) is 1.34. The van der Waals surface area contributed by atoms with Gasteiger partial charge in [-0.1, -0.05) is 19.1 Å². The van der Waals surface area contributed by atoms with Gasteiger partial charge < -0.3 is 44.9 Å². The Labute approximate surface area is 287 Å². The first-order chi connectivity index (χ1) is 23.4. The Balaban J connectivity index is 1.29. The van der Waals surface area contributed by atoms with Crippen LogP contribution in [0.5, 0.6) is 0 Å². The molecule has 270 valence electrons. The van der Waals surface area contributed by atoms with Crippen LogP contribution in [0.4, 0.5) is 5.69 Å². The maximum absolute atomic E-state index is 13.9. The van der Waals surface area contributed by atoms with E-state index in [0.717, 1.165) is 6.42 Å². The number of ether oxygens (including phenoxy) is 5. The molecule has 13 heteroatoms. The molecule has 1 aromatic rings. The van der Waals surface area contributed by atoms with Crippen LogP contribution in [0.3, 0.4) is 0 Å². The van der Waals surface area contributed by atoms with Gasteiger partial charge in [-0.15, -0.1) is 0 Å². The molecule has 1 saturated heterocycles. The minimum absolute atomic E-state index is 0.0424. The van der Waals surface area contributed by atoms with Crippen LogP contribution >= 0.6 is 0 Å². The van der Waals surface area contributed by atoms with Gasteiger partial charge in [0.25, 0.3) is 0 Å². The number of primary amides is 1. The van der Waals surface area contributed by atoms with Crippen LogP contribution in [0.15, 0.2) is 24.3 Å². The summed E-state index contributed by atoms with van der Waals surface area (Å²) in [6.07, 6.45) is 0.513. The number of hydrogen-bond acceptors (Lipinski definition) is 11. The second-order valence-corrected chi connectivity index (χ2v) is 15.3. The fourth-order valence-corrected chi connectivity index (χ4v) is 12.5. The molecule has 13 unspecified atom stereocenters. The molecule has 0 radical (unpaired) electrons. The normalized spacial score (nSPS) is 44.4. The molecule has 1 heterocycles. The van der Waals surface area contributed by atoms with Gasteiger partial charge >= 0.3 is 5.97 Å². The van der Waals surface area contributed by atoms with Gasteiger partial charge in [-0.3, -0.25) is 14.5 Å². The number of rotatable bonds is 12. The molecule has 7 rings (SSSR count). The fraction of sp³-hybridized carbons (Fsp3) is 0.750. The van der Waals surface area contributed by atoms with Crippen molar-refractivity contribution in [1.29, 1.82) is 0 Å². The molecule has 6 aliphatic rings. The number of esters is 1. The molecule has 5 aliphatic carbocycles. The summed E-state index contributed by atoms with van der Waals surface area (Å²) in [5.74, 6) is -2.33. The zero-order chi connectivity index (χ0) is 35.1. The lowest BCUT2D eigenvalue weighted by Gasteiger charge is -2.70. The highest BCUT2D eigenvalue weighted by atomic mass is 16.5. The molecule has 1 aromatic carbocycles. The molecule has 6 fully saturated rings. The number of nitrogens with one attached hydrogen (secondary N) is 1. The number of piperidine rings is 1. The second kappa shape index (κ2) is 12.2. The summed E-state index contributed by atoms with van der Waals surface area (Å²) in [5, 5.41) is 29.2. The van der Waals surface area contributed by atoms with Gasteiger partial charge in [-0.25, -0.2) is 4.79 Å². The van der Waals surface area contributed by atoms with Gasteiger partial charge in [0.15, 0.2) is 0 Å². The van der Waals surface area contributed by atoms with E-state index < -0.39 is 52.0 Å². The summed E-state index contributed by atoms with van der Waals surface area (Å²) in [5.41, 5.74) is 1.14. The maximum Gasteiger partial charge on any atom is 0.340 e. The molecule has 1 aliphatic heterocycles. The Bertz CT molecular complexity index is 1490. The number of para-hydroxylation sites is 1. The fourth-order valence-electron chi connectivity index (χ4n) is 12.5. The standard InChI is InChI=1S/C36H51N3O10/c1-6-39-17-33(18-49-31(42)19-9-7-8-10-22(19)38-26(41)12-11-25(37)40)14-13-24(46-3)35-21-15-20-23(45-2)16-34(43,27(21)28(20)47-4)36(44,32(35)39)30(48-5)29(33)35/h7-10,20-21,23-24,27-30,32,43-44H,6,11-18H2,1-5H3,(H2,37,40)(H,38,41). The van der Waals surface area contributed by atoms with Gasteiger partial charge in [-0.05, 0) is 43.9 Å². The Morgan fingerprint density at radius 1 is 1.04 bits per heavy atom. The predicted molar refractivity (Wildman–Crippen MR) is 175 cm³/mol. The highest BCUT2D eigenvalue weighted by Crippen LogP contribution is 2.80. The zero-order valence-corrected chi connectivity index (χ0v) is 29.1. The van der Waals surface area contributed by atoms with Crippen LogP contribution in [0.2, 0.25) is 0 Å². The molecule has 13 atom stereocenters. The van der Waals surface area contributed by atoms with E-state index in [4.69, 9.17) is 29.4 Å². The third-order valence-corrected chi connectivity index (χ3v) is 13.8. The minimum Gasteiger partial charge on any atom is -0.461 e. The van der Waals surface area contributed by atoms with Crippen molar-refractivity contribution in [3.05, 3.63) is 29.8 Å². The van der Waals surface area contributed by atoms with E-state index in [1.54, 1.807) is 52.7 Å². The van der Waals surface area contributed by atoms with Gasteiger partial charge in [0, 0.05) is 82.8 Å². The van der Waals surface area contributed by atoms with Crippen molar-refractivity contribution in [2.75, 3.05) is 53.5 Å². The molecule has 7 bridgehead atoms. The highest BCUT2D eigenvalue weighted by molar-refractivity contribution is 6.01. The average molecular weight is 686 g/mol. The van der Waals surface area contributed by atoms with Crippen LogP contribution in [-0.2, 0) is 33.3 Å². The number of anilines is 1. The third kappa shape index (κ3) is 4.45. The lowest BCUT2D eigenvalue weighted by Crippen LogP contribution is -2.82. The first-order valence-electron chi connectivity index (χ1n) is 17.6. The van der Waals surface area contributed by atoms with Gasteiger partial charge in [0.1, 0.15) is 11.2 Å². The van der Waals surface area contributed by atoms with E-state index in [1.165, 1.54) is 0 Å². The van der Waals surface area contributed by atoms with Crippen molar-refractivity contribution in [2.24, 2.45) is 40.2 Å². The van der Waals surface area contributed by atoms with Crippen molar-refractivity contribution >= 4 is 23.5 Å². The zero-order valence-electron chi connectivity index (χ0n) is 29.1. The topological polar surface area (TPSA) is 179 Å². The van der Waals surface area contributed by atoms with Gasteiger partial charge in [0.2, 0.25) is 11.8 Å². The van der Waals surface area contributed by atoms with Crippen LogP contribution in [-0.4, -0.2) is 123 Å². The van der Waals surface area contributed by atoms with Crippen LogP contribution in [0.1, 0.15) is 55.8 Å². The lowest BCUT2D eigenvalue weighted by atomic mass is 9.42. The van der Waals surface area contributed by atoms with E-state index in [9.17, 15) is 24.6 Å². The van der Waals surface area contributed by atoms with Crippen molar-refractivity contribution in [2.45, 2.75) is 87.1 Å². The van der Waals surface area contributed by atoms with Crippen LogP contribution < -0.4 is 11.1 Å². The minimum atomic E-state index is -1.69. The van der Waals surface area contributed by atoms with Crippen molar-refractivity contribution in [1.82, 2.24) is 4.90 Å². The number of likely N-dealkylation sites (tertiary alicyclic amines) is 1. The van der Waals surface area contributed by atoms with Crippen LogP contribution in [0, 0.1) is 34.5 Å². The number of benzene rings is 1. The summed E-state index contributed by atoms with van der Waals surface area (Å²) in [7, 11) is 6.68. The molecule has 1 spiro atoms. The van der Waals surface area contributed by atoms with Crippen molar-refractivity contribution in [3.8, 4) is 0 Å². The smallest absolute Gasteiger partial charge is 0.340 e. The first-order valence-corrected chi connectivity index (χ1v) is 17.6. The van der Waals surface area contributed by atoms with Crippen molar-refractivity contribution < 1.29 is 48.3 Å². The summed E-state index contributed by atoms with van der Waals surface area (Å²) in [6, 6.07) is 6.14. The lowest BCUT2D eigenvalue weighted by molar-refractivity contribution is -0.320. The number of methoxy groups -OCH3 is 4. The Morgan fingerprint density at radius 2 is 1.80 bits per heavy atom. The summed E-state index contributed by atoms with van der Waals surface area (Å²) in [6.45, 7) is 3.25. The Morgan fingerprint density at radius 3 is 2.45 bits per heavy atom. The molecule has 13 nitrogen and oxygen atoms in total. The second-order valence-electron chi connectivity index (χ2n) is 15.3. The summed E-state index contributed by atoms with van der Waals surface area (Å²) < 4.78 is 31.3. The van der Waals surface area contributed by atoms with E-state index in [1.807, 2.05) is 0 Å². The number of carbonyl (C=O) groups is 3. The van der Waals surface area contributed by atoms with E-state index >= 15 is 0 Å². The van der Waals surface area contributed by atoms with E-state index in [2.05, 4.69) is 17.1 Å². The van der Waals surface area contributed by atoms with E-state index in [0.29, 0.717) is 25.9 Å². The summed E-state index contributed by atoms with van der Waals surface area (Å²) in [4.78, 5) is 39.9. The largest absolute Gasteiger partial charge is 0.461 e. The molecule has 5 saturated carbocycles. The number of aliphatic hydroxyl groups is 2. The number of nitrogens with two attached hydrogens (primary N) is 1.